The van der Waals surface area contributed by atoms with Gasteiger partial charge >= 0.3 is 0 Å². The third kappa shape index (κ3) is 6.86. The van der Waals surface area contributed by atoms with Gasteiger partial charge in [0.2, 0.25) is 11.8 Å². The van der Waals surface area contributed by atoms with E-state index in [0.29, 0.717) is 22.9 Å². The summed E-state index contributed by atoms with van der Waals surface area (Å²) < 4.78 is 14.7. The molecular weight excluding hydrogens is 869 g/mol. The summed E-state index contributed by atoms with van der Waals surface area (Å²) in [6.07, 6.45) is 0. The average molecular weight is 915 g/mol. The highest BCUT2D eigenvalue weighted by Gasteiger charge is 2.51. The number of nitrogens with zero attached hydrogens (tertiary/aromatic N) is 4. The third-order valence-electron chi connectivity index (χ3n) is 13.8. The predicted octanol–water partition coefficient (Wildman–Crippen LogP) is 17.2. The Kier molecular flexibility index (Phi) is 10.1. The van der Waals surface area contributed by atoms with Crippen molar-refractivity contribution in [3.63, 3.8) is 0 Å². The van der Waals surface area contributed by atoms with Crippen LogP contribution in [0.3, 0.4) is 0 Å². The second-order valence-electron chi connectivity index (χ2n) is 18.3. The SMILES string of the molecule is Cc1cccc(N(c2ccccc2)c2cc3c(c4oc(-c5ccccc5)nc24)-c2c(cc(N(c4ccccc4)c4cccc(C)c4)c4nc(-c5ccccc5)oc24)C3(c2ccccc2)c2ccccc2)c1. The maximum atomic E-state index is 7.36. The van der Waals surface area contributed by atoms with Crippen LogP contribution < -0.4 is 9.80 Å². The van der Waals surface area contributed by atoms with Gasteiger partial charge in [-0.25, -0.2) is 9.97 Å². The standard InChI is InChI=1S/C65H46N4O2/c1-43-23-21-37-51(39-43)68(49-33-17-7-18-34-49)55-41-53-57(61-59(55)66-63(70-61)45-25-9-3-10-26-45)58-54(65(53,47-29-13-5-14-30-47)48-31-15-6-16-32-48)42-56(60-62(58)71-64(67-60)46-27-11-4-12-28-46)69(50-35-19-8-20-36-50)52-38-22-24-44(2)40-52/h3-42H,1-2H3. The maximum absolute atomic E-state index is 7.36. The van der Waals surface area contributed by atoms with Crippen molar-refractivity contribution < 1.29 is 8.83 Å². The van der Waals surface area contributed by atoms with Gasteiger partial charge in [0.15, 0.2) is 11.2 Å². The fourth-order valence-electron chi connectivity index (χ4n) is 10.8. The van der Waals surface area contributed by atoms with Crippen molar-refractivity contribution in [2.75, 3.05) is 9.80 Å². The number of anilines is 6. The van der Waals surface area contributed by atoms with E-state index in [9.17, 15) is 0 Å². The summed E-state index contributed by atoms with van der Waals surface area (Å²) in [6.45, 7) is 4.28. The maximum Gasteiger partial charge on any atom is 0.227 e. The molecule has 71 heavy (non-hydrogen) atoms. The molecule has 0 unspecified atom stereocenters. The van der Waals surface area contributed by atoms with E-state index in [1.54, 1.807) is 0 Å². The van der Waals surface area contributed by atoms with Gasteiger partial charge in [-0.1, -0.05) is 158 Å². The Hall–Kier alpha value is -9.26. The number of benzene rings is 10. The van der Waals surface area contributed by atoms with E-state index in [2.05, 4.69) is 230 Å². The first-order chi connectivity index (χ1) is 35.0. The predicted molar refractivity (Wildman–Crippen MR) is 289 cm³/mol. The lowest BCUT2D eigenvalue weighted by atomic mass is 9.67. The van der Waals surface area contributed by atoms with Crippen LogP contribution in [0.1, 0.15) is 33.4 Å². The number of hydrogen-bond donors (Lipinski definition) is 0. The summed E-state index contributed by atoms with van der Waals surface area (Å²) in [7, 11) is 0. The Morgan fingerprint density at radius 3 is 1.06 bits per heavy atom. The molecule has 0 bridgehead atoms. The van der Waals surface area contributed by atoms with Gasteiger partial charge in [0.25, 0.3) is 0 Å². The van der Waals surface area contributed by atoms with Gasteiger partial charge in [0.05, 0.1) is 16.8 Å². The molecule has 338 valence electrons. The molecule has 2 aromatic heterocycles. The van der Waals surface area contributed by atoms with Gasteiger partial charge < -0.3 is 18.6 Å². The molecule has 0 spiro atoms. The van der Waals surface area contributed by atoms with E-state index in [-0.39, 0.29) is 0 Å². The first-order valence-corrected chi connectivity index (χ1v) is 24.1. The summed E-state index contributed by atoms with van der Waals surface area (Å²) in [5.41, 5.74) is 17.7. The summed E-state index contributed by atoms with van der Waals surface area (Å²) in [5.74, 6) is 1.05. The molecule has 2 heterocycles. The van der Waals surface area contributed by atoms with Crippen LogP contribution >= 0.6 is 0 Å². The van der Waals surface area contributed by atoms with Crippen LogP contribution in [0.5, 0.6) is 0 Å². The zero-order valence-electron chi connectivity index (χ0n) is 39.2. The number of para-hydroxylation sites is 2. The van der Waals surface area contributed by atoms with Crippen LogP contribution in [0.4, 0.5) is 34.1 Å². The molecular formula is C65H46N4O2. The van der Waals surface area contributed by atoms with E-state index in [4.69, 9.17) is 18.8 Å². The van der Waals surface area contributed by atoms with Crippen LogP contribution in [-0.2, 0) is 5.41 Å². The van der Waals surface area contributed by atoms with E-state index in [0.717, 1.165) is 101 Å². The molecule has 0 saturated heterocycles. The molecule has 6 heteroatoms. The molecule has 0 radical (unpaired) electrons. The first-order valence-electron chi connectivity index (χ1n) is 24.1. The van der Waals surface area contributed by atoms with Gasteiger partial charge in [-0.05, 0) is 132 Å². The molecule has 0 atom stereocenters. The fourth-order valence-corrected chi connectivity index (χ4v) is 10.8. The molecule has 0 fully saturated rings. The summed E-state index contributed by atoms with van der Waals surface area (Å²) >= 11 is 0. The van der Waals surface area contributed by atoms with Crippen molar-refractivity contribution in [3.8, 4) is 34.0 Å². The fraction of sp³-hybridized carbons (Fsp3) is 0.0462. The number of oxazole rings is 2. The van der Waals surface area contributed by atoms with Crippen LogP contribution in [0.2, 0.25) is 0 Å². The lowest BCUT2D eigenvalue weighted by Crippen LogP contribution is -2.29. The van der Waals surface area contributed by atoms with Crippen LogP contribution in [0.15, 0.2) is 251 Å². The smallest absolute Gasteiger partial charge is 0.227 e. The Morgan fingerprint density at radius 2 is 0.690 bits per heavy atom. The summed E-state index contributed by atoms with van der Waals surface area (Å²) in [5, 5.41) is 0. The zero-order chi connectivity index (χ0) is 47.5. The van der Waals surface area contributed by atoms with Crippen molar-refractivity contribution in [2.45, 2.75) is 19.3 Å². The minimum Gasteiger partial charge on any atom is -0.435 e. The molecule has 10 aromatic carbocycles. The third-order valence-corrected chi connectivity index (χ3v) is 13.8. The Balaban J connectivity index is 1.25. The highest BCUT2D eigenvalue weighted by Crippen LogP contribution is 2.63. The second-order valence-corrected chi connectivity index (χ2v) is 18.3. The van der Waals surface area contributed by atoms with E-state index >= 15 is 0 Å². The minimum atomic E-state index is -0.928. The summed E-state index contributed by atoms with van der Waals surface area (Å²) in [6, 6.07) is 85.4. The highest BCUT2D eigenvalue weighted by molar-refractivity contribution is 6.15. The van der Waals surface area contributed by atoms with Gasteiger partial charge in [0, 0.05) is 45.0 Å². The number of hydrogen-bond acceptors (Lipinski definition) is 6. The average Bonchev–Trinajstić information content (AvgIpc) is 4.15. The molecule has 12 aromatic rings. The number of fused-ring (bicyclic) bond motifs is 7. The number of rotatable bonds is 10. The quantitative estimate of drug-likeness (QED) is 0.136. The first kappa shape index (κ1) is 41.9. The van der Waals surface area contributed by atoms with Gasteiger partial charge in [-0.3, -0.25) is 0 Å². The molecule has 1 aliphatic rings. The van der Waals surface area contributed by atoms with E-state index in [1.807, 2.05) is 36.4 Å². The molecule has 6 nitrogen and oxygen atoms in total. The van der Waals surface area contributed by atoms with Crippen molar-refractivity contribution in [3.05, 3.63) is 276 Å². The number of aromatic nitrogens is 2. The molecule has 0 N–H and O–H groups in total. The topological polar surface area (TPSA) is 58.5 Å². The van der Waals surface area contributed by atoms with Crippen LogP contribution in [-0.4, -0.2) is 9.97 Å². The highest BCUT2D eigenvalue weighted by atomic mass is 16.4. The normalized spacial score (nSPS) is 12.5. The molecule has 1 aliphatic carbocycles. The molecule has 0 aliphatic heterocycles. The molecule has 0 saturated carbocycles. The van der Waals surface area contributed by atoms with Gasteiger partial charge in [0.1, 0.15) is 11.0 Å². The van der Waals surface area contributed by atoms with E-state index < -0.39 is 5.41 Å². The van der Waals surface area contributed by atoms with Gasteiger partial charge in [-0.2, -0.15) is 0 Å². The zero-order valence-corrected chi connectivity index (χ0v) is 39.2. The van der Waals surface area contributed by atoms with Gasteiger partial charge in [-0.15, -0.1) is 0 Å². The lowest BCUT2D eigenvalue weighted by Gasteiger charge is -2.35. The number of aryl methyl sites for hydroxylation is 2. The molecule has 0 amide bonds. The van der Waals surface area contributed by atoms with Crippen molar-refractivity contribution in [1.82, 2.24) is 9.97 Å². The Bertz CT molecular complexity index is 3630. The second kappa shape index (κ2) is 17.1. The van der Waals surface area contributed by atoms with E-state index in [1.165, 1.54) is 0 Å². The summed E-state index contributed by atoms with van der Waals surface area (Å²) in [4.78, 5) is 15.7. The lowest BCUT2D eigenvalue weighted by molar-refractivity contribution is 0.616. The van der Waals surface area contributed by atoms with Crippen molar-refractivity contribution >= 4 is 56.3 Å². The van der Waals surface area contributed by atoms with Crippen LogP contribution in [0.25, 0.3) is 56.2 Å². The Labute approximate surface area is 412 Å². The largest absolute Gasteiger partial charge is 0.435 e. The molecule has 13 rings (SSSR count). The van der Waals surface area contributed by atoms with Crippen molar-refractivity contribution in [1.29, 1.82) is 0 Å². The van der Waals surface area contributed by atoms with Crippen LogP contribution in [0, 0.1) is 13.8 Å². The minimum absolute atomic E-state index is 0.524. The monoisotopic (exact) mass is 914 g/mol. The van der Waals surface area contributed by atoms with Crippen molar-refractivity contribution in [2.24, 2.45) is 0 Å². The Morgan fingerprint density at radius 1 is 0.352 bits per heavy atom.